The summed E-state index contributed by atoms with van der Waals surface area (Å²) in [5, 5.41) is 11.3. The van der Waals surface area contributed by atoms with Crippen molar-refractivity contribution >= 4 is 57.3 Å². The lowest BCUT2D eigenvalue weighted by Crippen LogP contribution is -2.29. The molecule has 0 radical (unpaired) electrons. The summed E-state index contributed by atoms with van der Waals surface area (Å²) in [6, 6.07) is 5.03. The lowest BCUT2D eigenvalue weighted by Gasteiger charge is -2.25. The number of anilines is 2. The fourth-order valence-corrected chi connectivity index (χ4v) is 3.81. The average Bonchev–Trinajstić information content (AvgIpc) is 3.23. The number of carbonyl (C=O) groups is 4. The molecular weight excluding hydrogens is 490 g/mol. The largest absolute Gasteiger partial charge is 0.469 e. The molecule has 1 aromatic heterocycles. The number of hydrogen-bond donors (Lipinski definition) is 1. The van der Waals surface area contributed by atoms with Gasteiger partial charge in [-0.1, -0.05) is 11.3 Å². The first kappa shape index (κ1) is 28.4. The lowest BCUT2D eigenvalue weighted by molar-refractivity contribution is -0.140. The highest BCUT2D eigenvalue weighted by molar-refractivity contribution is 7.17. The van der Waals surface area contributed by atoms with Crippen molar-refractivity contribution in [1.82, 2.24) is 4.98 Å². The van der Waals surface area contributed by atoms with Gasteiger partial charge < -0.3 is 24.4 Å². The number of esters is 3. The van der Waals surface area contributed by atoms with Crippen LogP contribution in [0.2, 0.25) is 0 Å². The maximum atomic E-state index is 12.0. The molecule has 1 heterocycles. The van der Waals surface area contributed by atoms with Gasteiger partial charge in [-0.05, 0) is 32.0 Å². The van der Waals surface area contributed by atoms with Crippen molar-refractivity contribution in [3.05, 3.63) is 28.8 Å². The third-order valence-corrected chi connectivity index (χ3v) is 5.79. The van der Waals surface area contributed by atoms with Gasteiger partial charge in [-0.25, -0.2) is 9.78 Å². The third-order valence-electron chi connectivity index (χ3n) is 4.77. The van der Waals surface area contributed by atoms with E-state index in [4.69, 9.17) is 14.2 Å². The van der Waals surface area contributed by atoms with Crippen molar-refractivity contribution in [3.63, 3.8) is 0 Å². The Morgan fingerprint density at radius 2 is 1.69 bits per heavy atom. The molecule has 0 saturated heterocycles. The molecule has 2 aromatic rings. The summed E-state index contributed by atoms with van der Waals surface area (Å²) in [5.41, 5.74) is 1.83. The first-order valence-corrected chi connectivity index (χ1v) is 11.9. The number of aryl methyl sites for hydroxylation is 1. The van der Waals surface area contributed by atoms with Gasteiger partial charge in [0.25, 0.3) is 0 Å². The molecule has 0 bridgehead atoms. The molecular formula is C23H29N5O7S. The third kappa shape index (κ3) is 8.41. The smallest absolute Gasteiger partial charge is 0.350 e. The summed E-state index contributed by atoms with van der Waals surface area (Å²) < 4.78 is 14.4. The molecule has 12 nitrogen and oxygen atoms in total. The molecule has 0 spiro atoms. The zero-order valence-corrected chi connectivity index (χ0v) is 21.6. The number of ether oxygens (including phenoxy) is 3. The van der Waals surface area contributed by atoms with Gasteiger partial charge in [0.15, 0.2) is 0 Å². The summed E-state index contributed by atoms with van der Waals surface area (Å²) in [6.07, 6.45) is 0.196. The topological polar surface area (TPSA) is 149 Å². The molecule has 0 saturated carbocycles. The van der Waals surface area contributed by atoms with Gasteiger partial charge in [-0.2, -0.15) is 0 Å². The van der Waals surface area contributed by atoms with Crippen LogP contribution in [0.1, 0.15) is 42.1 Å². The number of carbonyl (C=O) groups excluding carboxylic acids is 4. The Bertz CT molecular complexity index is 1110. The minimum Gasteiger partial charge on any atom is -0.469 e. The molecule has 0 atom stereocenters. The molecule has 36 heavy (non-hydrogen) atoms. The number of hydrogen-bond acceptors (Lipinski definition) is 12. The van der Waals surface area contributed by atoms with Crippen LogP contribution in [0.4, 0.5) is 22.2 Å². The van der Waals surface area contributed by atoms with Crippen molar-refractivity contribution in [3.8, 4) is 0 Å². The SMILES string of the molecule is CCOC(=O)c1sc(N=Nc2ccc(N(CCC(=O)OC)CCC(=O)OC)cc2NC(C)=O)nc1C. The Labute approximate surface area is 212 Å². The second-order valence-electron chi connectivity index (χ2n) is 7.35. The zero-order chi connectivity index (χ0) is 26.7. The van der Waals surface area contributed by atoms with E-state index in [1.54, 1.807) is 36.9 Å². The monoisotopic (exact) mass is 519 g/mol. The summed E-state index contributed by atoms with van der Waals surface area (Å²) in [6.45, 7) is 5.55. The fourth-order valence-electron chi connectivity index (χ4n) is 3.03. The first-order valence-electron chi connectivity index (χ1n) is 11.0. The molecule has 13 heteroatoms. The molecule has 0 aliphatic rings. The van der Waals surface area contributed by atoms with E-state index >= 15 is 0 Å². The predicted molar refractivity (Wildman–Crippen MR) is 133 cm³/mol. The predicted octanol–water partition coefficient (Wildman–Crippen LogP) is 3.93. The van der Waals surface area contributed by atoms with Gasteiger partial charge in [0, 0.05) is 25.7 Å². The van der Waals surface area contributed by atoms with Crippen LogP contribution >= 0.6 is 11.3 Å². The molecule has 1 aromatic carbocycles. The second kappa shape index (κ2) is 13.9. The highest BCUT2D eigenvalue weighted by Gasteiger charge is 2.17. The van der Waals surface area contributed by atoms with Crippen molar-refractivity contribution < 1.29 is 33.4 Å². The number of azo groups is 1. The summed E-state index contributed by atoms with van der Waals surface area (Å²) in [7, 11) is 2.60. The summed E-state index contributed by atoms with van der Waals surface area (Å²) in [5.74, 6) is -1.59. The summed E-state index contributed by atoms with van der Waals surface area (Å²) >= 11 is 1.05. The van der Waals surface area contributed by atoms with Crippen molar-refractivity contribution in [1.29, 1.82) is 0 Å². The number of thiazole rings is 1. The number of amides is 1. The van der Waals surface area contributed by atoms with Crippen molar-refractivity contribution in [2.75, 3.05) is 44.1 Å². The molecule has 0 fully saturated rings. The van der Waals surface area contributed by atoms with Crippen LogP contribution in [0.15, 0.2) is 28.4 Å². The van der Waals surface area contributed by atoms with E-state index in [2.05, 4.69) is 20.5 Å². The average molecular weight is 520 g/mol. The molecule has 0 aliphatic carbocycles. The van der Waals surface area contributed by atoms with Gasteiger partial charge in [0.2, 0.25) is 11.0 Å². The normalized spacial score (nSPS) is 10.7. The van der Waals surface area contributed by atoms with Gasteiger partial charge in [-0.15, -0.1) is 10.2 Å². The van der Waals surface area contributed by atoms with Crippen LogP contribution in [0.25, 0.3) is 0 Å². The van der Waals surface area contributed by atoms with Crippen LogP contribution < -0.4 is 10.2 Å². The van der Waals surface area contributed by atoms with Gasteiger partial charge in [0.1, 0.15) is 10.6 Å². The number of methoxy groups -OCH3 is 2. The number of nitrogens with zero attached hydrogens (tertiary/aromatic N) is 4. The Hall–Kier alpha value is -3.87. The molecule has 0 unspecified atom stereocenters. The Morgan fingerprint density at radius 1 is 1.06 bits per heavy atom. The van der Waals surface area contributed by atoms with E-state index < -0.39 is 17.9 Å². The van der Waals surface area contributed by atoms with Gasteiger partial charge >= 0.3 is 17.9 Å². The minimum absolute atomic E-state index is 0.0980. The van der Waals surface area contributed by atoms with Crippen LogP contribution in [-0.2, 0) is 28.6 Å². The molecule has 1 N–H and O–H groups in total. The standard InChI is InChI=1S/C23H29N5O7S/c1-6-35-22(32)21-14(2)24-23(36-21)27-26-17-8-7-16(13-18(17)25-15(3)29)28(11-9-19(30)33-4)12-10-20(31)34-5/h7-8,13H,6,9-12H2,1-5H3,(H,25,29). The van der Waals surface area contributed by atoms with E-state index in [-0.39, 0.29) is 43.6 Å². The van der Waals surface area contributed by atoms with Gasteiger partial charge in [-0.3, -0.25) is 14.4 Å². The number of rotatable bonds is 12. The van der Waals surface area contributed by atoms with E-state index in [0.29, 0.717) is 27.6 Å². The highest BCUT2D eigenvalue weighted by atomic mass is 32.1. The van der Waals surface area contributed by atoms with Crippen molar-refractivity contribution in [2.24, 2.45) is 10.2 Å². The molecule has 194 valence electrons. The second-order valence-corrected chi connectivity index (χ2v) is 8.33. The van der Waals surface area contributed by atoms with Gasteiger partial charge in [0.05, 0.1) is 45.0 Å². The van der Waals surface area contributed by atoms with E-state index in [1.165, 1.54) is 21.1 Å². The maximum Gasteiger partial charge on any atom is 0.350 e. The van der Waals surface area contributed by atoms with Crippen LogP contribution in [0, 0.1) is 6.92 Å². The van der Waals surface area contributed by atoms with E-state index in [0.717, 1.165) is 11.3 Å². The van der Waals surface area contributed by atoms with E-state index in [1.807, 2.05) is 0 Å². The zero-order valence-electron chi connectivity index (χ0n) is 20.8. The van der Waals surface area contributed by atoms with E-state index in [9.17, 15) is 19.2 Å². The Balaban J connectivity index is 2.34. The molecule has 2 rings (SSSR count). The number of benzene rings is 1. The van der Waals surface area contributed by atoms with Crippen LogP contribution in [0.3, 0.4) is 0 Å². The first-order chi connectivity index (χ1) is 17.2. The Morgan fingerprint density at radius 3 is 2.25 bits per heavy atom. The highest BCUT2D eigenvalue weighted by Crippen LogP contribution is 2.33. The van der Waals surface area contributed by atoms with Crippen LogP contribution in [-0.4, -0.2) is 62.7 Å². The van der Waals surface area contributed by atoms with Crippen LogP contribution in [0.5, 0.6) is 0 Å². The Kier molecular flexibility index (Phi) is 10.9. The lowest BCUT2D eigenvalue weighted by atomic mass is 10.2. The molecule has 1 amide bonds. The number of aromatic nitrogens is 1. The minimum atomic E-state index is -0.476. The molecule has 0 aliphatic heterocycles. The fraction of sp³-hybridized carbons (Fsp3) is 0.435. The number of nitrogens with one attached hydrogen (secondary N) is 1. The van der Waals surface area contributed by atoms with Crippen molar-refractivity contribution in [2.45, 2.75) is 33.6 Å². The quantitative estimate of drug-likeness (QED) is 0.250. The summed E-state index contributed by atoms with van der Waals surface area (Å²) in [4.78, 5) is 53.6. The maximum absolute atomic E-state index is 12.0.